The van der Waals surface area contributed by atoms with E-state index >= 15 is 0 Å². The Morgan fingerprint density at radius 3 is 2.79 bits per heavy atom. The van der Waals surface area contributed by atoms with Gasteiger partial charge in [0.15, 0.2) is 0 Å². The maximum absolute atomic E-state index is 5.62. The van der Waals surface area contributed by atoms with Gasteiger partial charge in [-0.3, -0.25) is 0 Å². The van der Waals surface area contributed by atoms with Crippen LogP contribution in [0.5, 0.6) is 0 Å². The molecule has 4 nitrogen and oxygen atoms in total. The van der Waals surface area contributed by atoms with E-state index in [2.05, 4.69) is 28.8 Å². The highest BCUT2D eigenvalue weighted by Gasteiger charge is 2.31. The molecule has 0 amide bonds. The molecule has 1 aromatic rings. The summed E-state index contributed by atoms with van der Waals surface area (Å²) in [5.41, 5.74) is 7.79. The fourth-order valence-corrected chi connectivity index (χ4v) is 1.98. The van der Waals surface area contributed by atoms with Gasteiger partial charge in [0.05, 0.1) is 17.4 Å². The monoisotopic (exact) mass is 194 g/mol. The fraction of sp³-hybridized carbons (Fsp3) is 0.800. The molecule has 0 aliphatic heterocycles. The number of hydrogen-bond acceptors (Lipinski definition) is 3. The van der Waals surface area contributed by atoms with Crippen molar-refractivity contribution in [3.8, 4) is 0 Å². The first-order chi connectivity index (χ1) is 6.77. The normalized spacial score (nSPS) is 18.5. The number of aromatic nitrogens is 3. The molecule has 0 bridgehead atoms. The lowest BCUT2D eigenvalue weighted by molar-refractivity contribution is 0.416. The number of nitrogens with zero attached hydrogens (tertiary/aromatic N) is 3. The van der Waals surface area contributed by atoms with Crippen LogP contribution in [0.3, 0.4) is 0 Å². The molecule has 2 rings (SSSR count). The first-order valence-corrected chi connectivity index (χ1v) is 5.41. The second-order valence-electron chi connectivity index (χ2n) is 4.06. The van der Waals surface area contributed by atoms with Crippen LogP contribution >= 0.6 is 0 Å². The molecule has 2 N–H and O–H groups in total. The summed E-state index contributed by atoms with van der Waals surface area (Å²) >= 11 is 0. The van der Waals surface area contributed by atoms with Gasteiger partial charge in [0.2, 0.25) is 0 Å². The highest BCUT2D eigenvalue weighted by atomic mass is 15.4. The summed E-state index contributed by atoms with van der Waals surface area (Å²) in [5.74, 6) is 0.813. The molecule has 0 spiro atoms. The summed E-state index contributed by atoms with van der Waals surface area (Å²) in [4.78, 5) is 0. The molecule has 14 heavy (non-hydrogen) atoms. The van der Waals surface area contributed by atoms with Crippen LogP contribution in [-0.2, 0) is 13.0 Å². The molecule has 0 aromatic carbocycles. The lowest BCUT2D eigenvalue weighted by atomic mass is 10.2. The topological polar surface area (TPSA) is 56.7 Å². The molecular formula is C10H18N4. The summed E-state index contributed by atoms with van der Waals surface area (Å²) in [6.07, 6.45) is 3.64. The third-order valence-corrected chi connectivity index (χ3v) is 3.09. The van der Waals surface area contributed by atoms with E-state index in [-0.39, 0.29) is 0 Å². The molecule has 4 heteroatoms. The Bertz CT molecular complexity index is 314. The van der Waals surface area contributed by atoms with E-state index in [0.29, 0.717) is 12.6 Å². The van der Waals surface area contributed by atoms with Crippen molar-refractivity contribution in [1.29, 1.82) is 0 Å². The lowest BCUT2D eigenvalue weighted by Crippen LogP contribution is -2.13. The molecule has 1 aliphatic carbocycles. The zero-order valence-corrected chi connectivity index (χ0v) is 8.90. The van der Waals surface area contributed by atoms with Crippen molar-refractivity contribution in [3.05, 3.63) is 11.4 Å². The van der Waals surface area contributed by atoms with Crippen LogP contribution < -0.4 is 5.73 Å². The first kappa shape index (κ1) is 9.65. The van der Waals surface area contributed by atoms with Crippen LogP contribution in [0.4, 0.5) is 0 Å². The Kier molecular flexibility index (Phi) is 2.54. The SMILES string of the molecule is CCc1c(CN)nnn1C(C)C1CC1. The van der Waals surface area contributed by atoms with Gasteiger partial charge in [-0.25, -0.2) is 4.68 Å². The van der Waals surface area contributed by atoms with Crippen LogP contribution in [0.25, 0.3) is 0 Å². The predicted molar refractivity (Wildman–Crippen MR) is 54.7 cm³/mol. The summed E-state index contributed by atoms with van der Waals surface area (Å²) in [6.45, 7) is 4.86. The molecule has 78 valence electrons. The van der Waals surface area contributed by atoms with Gasteiger partial charge in [-0.05, 0) is 32.1 Å². The Morgan fingerprint density at radius 2 is 2.29 bits per heavy atom. The third kappa shape index (κ3) is 1.54. The highest BCUT2D eigenvalue weighted by Crippen LogP contribution is 2.39. The second kappa shape index (κ2) is 3.69. The van der Waals surface area contributed by atoms with Gasteiger partial charge in [0, 0.05) is 6.54 Å². The Morgan fingerprint density at radius 1 is 1.57 bits per heavy atom. The van der Waals surface area contributed by atoms with Crippen LogP contribution in [-0.4, -0.2) is 15.0 Å². The molecule has 1 atom stereocenters. The zero-order valence-electron chi connectivity index (χ0n) is 8.90. The Hall–Kier alpha value is -0.900. The van der Waals surface area contributed by atoms with Crippen molar-refractivity contribution in [3.63, 3.8) is 0 Å². The Labute approximate surface area is 84.5 Å². The largest absolute Gasteiger partial charge is 0.325 e. The minimum atomic E-state index is 0.498. The lowest BCUT2D eigenvalue weighted by Gasteiger charge is -2.13. The van der Waals surface area contributed by atoms with Crippen molar-refractivity contribution in [2.75, 3.05) is 0 Å². The standard InChI is InChI=1S/C10H18N4/c1-3-10-9(6-11)12-13-14(10)7(2)8-4-5-8/h7-8H,3-6,11H2,1-2H3. The average molecular weight is 194 g/mol. The van der Waals surface area contributed by atoms with Crippen LogP contribution in [0, 0.1) is 5.92 Å². The molecule has 1 aromatic heterocycles. The molecule has 1 heterocycles. The van der Waals surface area contributed by atoms with Crippen molar-refractivity contribution in [2.24, 2.45) is 11.7 Å². The van der Waals surface area contributed by atoms with Crippen LogP contribution in [0.15, 0.2) is 0 Å². The molecule has 1 fully saturated rings. The average Bonchev–Trinajstić information content (AvgIpc) is 2.96. The first-order valence-electron chi connectivity index (χ1n) is 5.41. The van der Waals surface area contributed by atoms with Gasteiger partial charge in [-0.2, -0.15) is 0 Å². The Balaban J connectivity index is 2.26. The van der Waals surface area contributed by atoms with Crippen LogP contribution in [0.2, 0.25) is 0 Å². The number of rotatable bonds is 4. The van der Waals surface area contributed by atoms with E-state index in [0.717, 1.165) is 18.0 Å². The van der Waals surface area contributed by atoms with Crippen LogP contribution in [0.1, 0.15) is 44.1 Å². The van der Waals surface area contributed by atoms with Crippen molar-refractivity contribution in [2.45, 2.75) is 45.7 Å². The second-order valence-corrected chi connectivity index (χ2v) is 4.06. The van der Waals surface area contributed by atoms with Crippen molar-refractivity contribution in [1.82, 2.24) is 15.0 Å². The molecule has 0 saturated heterocycles. The minimum Gasteiger partial charge on any atom is -0.325 e. The summed E-state index contributed by atoms with van der Waals surface area (Å²) < 4.78 is 2.07. The maximum atomic E-state index is 5.62. The predicted octanol–water partition coefficient (Wildman–Crippen LogP) is 1.27. The zero-order chi connectivity index (χ0) is 10.1. The quantitative estimate of drug-likeness (QED) is 0.785. The molecule has 1 aliphatic rings. The van der Waals surface area contributed by atoms with Gasteiger partial charge in [-0.15, -0.1) is 5.10 Å². The minimum absolute atomic E-state index is 0.498. The van der Waals surface area contributed by atoms with E-state index in [9.17, 15) is 0 Å². The molecular weight excluding hydrogens is 176 g/mol. The van der Waals surface area contributed by atoms with E-state index in [1.54, 1.807) is 0 Å². The van der Waals surface area contributed by atoms with Gasteiger partial charge >= 0.3 is 0 Å². The van der Waals surface area contributed by atoms with Gasteiger partial charge < -0.3 is 5.73 Å². The van der Waals surface area contributed by atoms with E-state index < -0.39 is 0 Å². The fourth-order valence-electron chi connectivity index (χ4n) is 1.98. The third-order valence-electron chi connectivity index (χ3n) is 3.09. The molecule has 0 radical (unpaired) electrons. The molecule has 1 saturated carbocycles. The van der Waals surface area contributed by atoms with Gasteiger partial charge in [0.1, 0.15) is 0 Å². The van der Waals surface area contributed by atoms with Crippen molar-refractivity contribution >= 4 is 0 Å². The smallest absolute Gasteiger partial charge is 0.0994 e. The summed E-state index contributed by atoms with van der Waals surface area (Å²) in [5, 5.41) is 8.33. The summed E-state index contributed by atoms with van der Waals surface area (Å²) in [7, 11) is 0. The number of nitrogens with two attached hydrogens (primary N) is 1. The number of hydrogen-bond donors (Lipinski definition) is 1. The van der Waals surface area contributed by atoms with E-state index in [1.807, 2.05) is 0 Å². The van der Waals surface area contributed by atoms with Gasteiger partial charge in [-0.1, -0.05) is 12.1 Å². The van der Waals surface area contributed by atoms with Gasteiger partial charge in [0.25, 0.3) is 0 Å². The summed E-state index contributed by atoms with van der Waals surface area (Å²) in [6, 6.07) is 0.498. The van der Waals surface area contributed by atoms with E-state index in [1.165, 1.54) is 18.5 Å². The van der Waals surface area contributed by atoms with E-state index in [4.69, 9.17) is 5.73 Å². The molecule has 1 unspecified atom stereocenters. The van der Waals surface area contributed by atoms with Crippen molar-refractivity contribution < 1.29 is 0 Å². The maximum Gasteiger partial charge on any atom is 0.0994 e. The highest BCUT2D eigenvalue weighted by molar-refractivity contribution is 5.11.